The average molecular weight is 274 g/mol. The molecule has 1 aliphatic rings. The van der Waals surface area contributed by atoms with Crippen LogP contribution >= 0.6 is 0 Å². The topological polar surface area (TPSA) is 49.4 Å². The summed E-state index contributed by atoms with van der Waals surface area (Å²) in [6.45, 7) is 2.59. The smallest absolute Gasteiger partial charge is 0.222 e. The first-order valence-electron chi connectivity index (χ1n) is 7.23. The minimum atomic E-state index is 0.140. The third-order valence-electron chi connectivity index (χ3n) is 3.96. The Morgan fingerprint density at radius 2 is 1.85 bits per heavy atom. The number of carbonyl (C=O) groups is 2. The number of likely N-dealkylation sites (tertiary alicyclic amines) is 1. The number of nitrogens with one attached hydrogen (secondary N) is 1. The summed E-state index contributed by atoms with van der Waals surface area (Å²) in [5, 5.41) is 2.71. The van der Waals surface area contributed by atoms with Crippen molar-refractivity contribution >= 4 is 11.7 Å². The highest BCUT2D eigenvalue weighted by atomic mass is 16.1. The molecule has 4 heteroatoms. The Bertz CT molecular complexity index is 451. The Labute approximate surface area is 120 Å². The van der Waals surface area contributed by atoms with E-state index in [1.54, 1.807) is 7.05 Å². The van der Waals surface area contributed by atoms with Crippen molar-refractivity contribution in [2.75, 3.05) is 26.7 Å². The molecule has 1 aromatic rings. The van der Waals surface area contributed by atoms with Crippen molar-refractivity contribution in [1.82, 2.24) is 10.2 Å². The SMILES string of the molecule is CNC(=O)C1CCN(CCC(=O)c2ccccc2)CC1. The van der Waals surface area contributed by atoms with Gasteiger partial charge >= 0.3 is 0 Å². The number of rotatable bonds is 5. The predicted octanol–water partition coefficient (Wildman–Crippen LogP) is 1.72. The molecule has 0 atom stereocenters. The second-order valence-corrected chi connectivity index (χ2v) is 5.27. The number of ketones is 1. The molecule has 1 N–H and O–H groups in total. The van der Waals surface area contributed by atoms with Crippen LogP contribution in [-0.2, 0) is 4.79 Å². The lowest BCUT2D eigenvalue weighted by Crippen LogP contribution is -2.40. The van der Waals surface area contributed by atoms with E-state index in [9.17, 15) is 9.59 Å². The molecule has 1 heterocycles. The van der Waals surface area contributed by atoms with Crippen molar-refractivity contribution in [3.8, 4) is 0 Å². The maximum Gasteiger partial charge on any atom is 0.222 e. The van der Waals surface area contributed by atoms with Gasteiger partial charge in [-0.3, -0.25) is 9.59 Å². The van der Waals surface area contributed by atoms with Gasteiger partial charge in [0.15, 0.2) is 5.78 Å². The van der Waals surface area contributed by atoms with E-state index >= 15 is 0 Å². The molecular weight excluding hydrogens is 252 g/mol. The van der Waals surface area contributed by atoms with Crippen LogP contribution < -0.4 is 5.32 Å². The number of benzene rings is 1. The maximum absolute atomic E-state index is 12.0. The van der Waals surface area contributed by atoms with E-state index in [2.05, 4.69) is 10.2 Å². The minimum absolute atomic E-state index is 0.140. The van der Waals surface area contributed by atoms with Gasteiger partial charge in [-0.1, -0.05) is 30.3 Å². The fourth-order valence-corrected chi connectivity index (χ4v) is 2.65. The van der Waals surface area contributed by atoms with Crippen LogP contribution in [0, 0.1) is 5.92 Å². The number of carbonyl (C=O) groups excluding carboxylic acids is 2. The Morgan fingerprint density at radius 3 is 2.45 bits per heavy atom. The fourth-order valence-electron chi connectivity index (χ4n) is 2.65. The van der Waals surface area contributed by atoms with Gasteiger partial charge in [-0.15, -0.1) is 0 Å². The van der Waals surface area contributed by atoms with Gasteiger partial charge in [-0.05, 0) is 25.9 Å². The normalized spacial score (nSPS) is 16.9. The second-order valence-electron chi connectivity index (χ2n) is 5.27. The van der Waals surface area contributed by atoms with Crippen LogP contribution in [-0.4, -0.2) is 43.3 Å². The molecule has 0 aromatic heterocycles. The molecule has 0 saturated carbocycles. The molecule has 0 aliphatic carbocycles. The summed E-state index contributed by atoms with van der Waals surface area (Å²) in [6, 6.07) is 9.42. The molecule has 20 heavy (non-hydrogen) atoms. The number of Topliss-reactive ketones (excluding diaryl/α,β-unsaturated/α-hetero) is 1. The Kier molecular flexibility index (Phi) is 5.30. The van der Waals surface area contributed by atoms with Crippen LogP contribution in [0.1, 0.15) is 29.6 Å². The van der Waals surface area contributed by atoms with E-state index in [0.717, 1.165) is 38.0 Å². The van der Waals surface area contributed by atoms with Gasteiger partial charge < -0.3 is 10.2 Å². The lowest BCUT2D eigenvalue weighted by molar-refractivity contribution is -0.125. The first kappa shape index (κ1) is 14.7. The van der Waals surface area contributed by atoms with Gasteiger partial charge in [-0.2, -0.15) is 0 Å². The molecule has 0 unspecified atom stereocenters. The lowest BCUT2D eigenvalue weighted by atomic mass is 9.95. The van der Waals surface area contributed by atoms with Crippen molar-refractivity contribution in [1.29, 1.82) is 0 Å². The highest BCUT2D eigenvalue weighted by Gasteiger charge is 2.24. The summed E-state index contributed by atoms with van der Waals surface area (Å²) in [6.07, 6.45) is 2.33. The van der Waals surface area contributed by atoms with E-state index in [-0.39, 0.29) is 17.6 Å². The molecule has 1 fully saturated rings. The van der Waals surface area contributed by atoms with E-state index in [4.69, 9.17) is 0 Å². The zero-order valence-corrected chi connectivity index (χ0v) is 12.0. The molecule has 0 spiro atoms. The first-order chi connectivity index (χ1) is 9.70. The van der Waals surface area contributed by atoms with Crippen molar-refractivity contribution in [2.24, 2.45) is 5.92 Å². The van der Waals surface area contributed by atoms with Crippen LogP contribution in [0.25, 0.3) is 0 Å². The Hall–Kier alpha value is -1.68. The zero-order valence-electron chi connectivity index (χ0n) is 12.0. The largest absolute Gasteiger partial charge is 0.359 e. The quantitative estimate of drug-likeness (QED) is 0.832. The molecule has 108 valence electrons. The van der Waals surface area contributed by atoms with Gasteiger partial charge in [0, 0.05) is 31.5 Å². The minimum Gasteiger partial charge on any atom is -0.359 e. The van der Waals surface area contributed by atoms with Crippen LogP contribution in [0.4, 0.5) is 0 Å². The van der Waals surface area contributed by atoms with Gasteiger partial charge in [0.1, 0.15) is 0 Å². The van der Waals surface area contributed by atoms with Gasteiger partial charge in [0.05, 0.1) is 0 Å². The number of amides is 1. The van der Waals surface area contributed by atoms with Crippen molar-refractivity contribution < 1.29 is 9.59 Å². The van der Waals surface area contributed by atoms with E-state index in [0.29, 0.717) is 6.42 Å². The van der Waals surface area contributed by atoms with Crippen molar-refractivity contribution in [2.45, 2.75) is 19.3 Å². The summed E-state index contributed by atoms with van der Waals surface area (Å²) in [4.78, 5) is 25.8. The average Bonchev–Trinajstić information content (AvgIpc) is 2.53. The molecule has 0 bridgehead atoms. The highest BCUT2D eigenvalue weighted by Crippen LogP contribution is 2.17. The fraction of sp³-hybridized carbons (Fsp3) is 0.500. The van der Waals surface area contributed by atoms with Crippen LogP contribution in [0.5, 0.6) is 0 Å². The zero-order chi connectivity index (χ0) is 14.4. The van der Waals surface area contributed by atoms with E-state index < -0.39 is 0 Å². The summed E-state index contributed by atoms with van der Waals surface area (Å²) in [5.41, 5.74) is 0.785. The second kappa shape index (κ2) is 7.20. The third kappa shape index (κ3) is 3.90. The Balaban J connectivity index is 1.74. The summed E-state index contributed by atoms with van der Waals surface area (Å²) in [7, 11) is 1.69. The van der Waals surface area contributed by atoms with Crippen LogP contribution in [0.15, 0.2) is 30.3 Å². The number of hydrogen-bond acceptors (Lipinski definition) is 3. The maximum atomic E-state index is 12.0. The highest BCUT2D eigenvalue weighted by molar-refractivity contribution is 5.96. The molecule has 4 nitrogen and oxygen atoms in total. The van der Waals surface area contributed by atoms with Gasteiger partial charge in [0.2, 0.25) is 5.91 Å². The standard InChI is InChI=1S/C16H22N2O2/c1-17-16(20)14-7-10-18(11-8-14)12-9-15(19)13-5-3-2-4-6-13/h2-6,14H,7-12H2,1H3,(H,17,20). The molecule has 0 radical (unpaired) electrons. The predicted molar refractivity (Wildman–Crippen MR) is 78.6 cm³/mol. The summed E-state index contributed by atoms with van der Waals surface area (Å²) >= 11 is 0. The molecule has 1 amide bonds. The number of nitrogens with zero attached hydrogens (tertiary/aromatic N) is 1. The molecule has 1 saturated heterocycles. The molecule has 1 aliphatic heterocycles. The van der Waals surface area contributed by atoms with E-state index in [1.807, 2.05) is 30.3 Å². The summed E-state index contributed by atoms with van der Waals surface area (Å²) in [5.74, 6) is 0.477. The third-order valence-corrected chi connectivity index (χ3v) is 3.96. The van der Waals surface area contributed by atoms with Gasteiger partial charge in [-0.25, -0.2) is 0 Å². The number of piperidine rings is 1. The molecule has 2 rings (SSSR count). The number of hydrogen-bond donors (Lipinski definition) is 1. The van der Waals surface area contributed by atoms with Crippen molar-refractivity contribution in [3.05, 3.63) is 35.9 Å². The first-order valence-corrected chi connectivity index (χ1v) is 7.23. The molecular formula is C16H22N2O2. The van der Waals surface area contributed by atoms with Crippen LogP contribution in [0.3, 0.4) is 0 Å². The van der Waals surface area contributed by atoms with Crippen LogP contribution in [0.2, 0.25) is 0 Å². The van der Waals surface area contributed by atoms with Crippen molar-refractivity contribution in [3.63, 3.8) is 0 Å². The monoisotopic (exact) mass is 274 g/mol. The van der Waals surface area contributed by atoms with E-state index in [1.165, 1.54) is 0 Å². The Morgan fingerprint density at radius 1 is 1.20 bits per heavy atom. The lowest BCUT2D eigenvalue weighted by Gasteiger charge is -2.30. The van der Waals surface area contributed by atoms with Gasteiger partial charge in [0.25, 0.3) is 0 Å². The molecule has 1 aromatic carbocycles. The summed E-state index contributed by atoms with van der Waals surface area (Å²) < 4.78 is 0.